The molecule has 0 fully saturated rings. The van der Waals surface area contributed by atoms with E-state index in [-0.39, 0.29) is 0 Å². The molecule has 0 saturated carbocycles. The van der Waals surface area contributed by atoms with Gasteiger partial charge in [0, 0.05) is 0 Å². The number of furan rings is 1. The highest BCUT2D eigenvalue weighted by atomic mass is 16.3. The van der Waals surface area contributed by atoms with Crippen LogP contribution in [0.1, 0.15) is 25.4 Å². The molecule has 0 aliphatic carbocycles. The summed E-state index contributed by atoms with van der Waals surface area (Å²) < 4.78 is 5.48. The number of nitrogens with two attached hydrogens (primary N) is 1. The molecule has 0 atom stereocenters. The monoisotopic (exact) mass is 205 g/mol. The van der Waals surface area contributed by atoms with Crippen LogP contribution in [-0.4, -0.2) is 9.97 Å². The Morgan fingerprint density at radius 3 is 2.60 bits per heavy atom. The van der Waals surface area contributed by atoms with Crippen LogP contribution in [-0.2, 0) is 5.54 Å². The lowest BCUT2D eigenvalue weighted by Crippen LogP contribution is -2.30. The molecule has 0 spiro atoms. The fraction of sp³-hybridized carbons (Fsp3) is 0.364. The molecule has 0 aliphatic rings. The molecule has 0 aromatic carbocycles. The number of hydrogen-bond donors (Lipinski definition) is 2. The Balaban J connectivity index is 2.36. The van der Waals surface area contributed by atoms with Gasteiger partial charge in [-0.3, -0.25) is 0 Å². The van der Waals surface area contributed by atoms with E-state index >= 15 is 0 Å². The Bertz CT molecular complexity index is 462. The van der Waals surface area contributed by atoms with Gasteiger partial charge >= 0.3 is 0 Å². The van der Waals surface area contributed by atoms with Crippen molar-refractivity contribution in [2.75, 3.05) is 0 Å². The number of aromatic amines is 1. The predicted molar refractivity (Wildman–Crippen MR) is 58.2 cm³/mol. The van der Waals surface area contributed by atoms with E-state index < -0.39 is 5.54 Å². The second-order valence-electron chi connectivity index (χ2n) is 4.28. The first kappa shape index (κ1) is 9.98. The lowest BCUT2D eigenvalue weighted by atomic mass is 10.1. The zero-order valence-corrected chi connectivity index (χ0v) is 9.16. The van der Waals surface area contributed by atoms with E-state index in [4.69, 9.17) is 10.2 Å². The summed E-state index contributed by atoms with van der Waals surface area (Å²) >= 11 is 0. The smallest absolute Gasteiger partial charge is 0.152 e. The van der Waals surface area contributed by atoms with Gasteiger partial charge in [0.05, 0.1) is 11.7 Å². The Kier molecular flexibility index (Phi) is 2.16. The van der Waals surface area contributed by atoms with E-state index in [2.05, 4.69) is 9.97 Å². The molecule has 0 saturated heterocycles. The Labute approximate surface area is 88.5 Å². The van der Waals surface area contributed by atoms with Gasteiger partial charge in [0.25, 0.3) is 0 Å². The van der Waals surface area contributed by atoms with Crippen molar-refractivity contribution in [3.8, 4) is 11.5 Å². The lowest BCUT2D eigenvalue weighted by Gasteiger charge is -2.14. The maximum Gasteiger partial charge on any atom is 0.152 e. The van der Waals surface area contributed by atoms with Crippen LogP contribution in [0.4, 0.5) is 0 Å². The molecular formula is C11H15N3O. The van der Waals surface area contributed by atoms with E-state index in [1.165, 1.54) is 0 Å². The summed E-state index contributed by atoms with van der Waals surface area (Å²) in [6, 6.07) is 3.83. The van der Waals surface area contributed by atoms with Crippen LogP contribution in [0.2, 0.25) is 0 Å². The van der Waals surface area contributed by atoms with Crippen molar-refractivity contribution < 1.29 is 4.42 Å². The summed E-state index contributed by atoms with van der Waals surface area (Å²) in [5.74, 6) is 2.43. The first-order chi connectivity index (χ1) is 6.97. The molecule has 4 heteroatoms. The second kappa shape index (κ2) is 3.24. The highest BCUT2D eigenvalue weighted by Crippen LogP contribution is 2.22. The van der Waals surface area contributed by atoms with E-state index in [1.807, 2.05) is 32.9 Å². The van der Waals surface area contributed by atoms with Crippen LogP contribution in [0.25, 0.3) is 11.5 Å². The molecule has 4 nitrogen and oxygen atoms in total. The lowest BCUT2D eigenvalue weighted by molar-refractivity contribution is 0.518. The summed E-state index contributed by atoms with van der Waals surface area (Å²) in [4.78, 5) is 7.39. The van der Waals surface area contributed by atoms with E-state index in [9.17, 15) is 0 Å². The van der Waals surface area contributed by atoms with E-state index in [0.29, 0.717) is 0 Å². The first-order valence-corrected chi connectivity index (χ1v) is 4.88. The largest absolute Gasteiger partial charge is 0.460 e. The fourth-order valence-corrected chi connectivity index (χ4v) is 1.35. The van der Waals surface area contributed by atoms with Crippen molar-refractivity contribution in [2.24, 2.45) is 5.73 Å². The quantitative estimate of drug-likeness (QED) is 0.789. The number of H-pyrrole nitrogens is 1. The van der Waals surface area contributed by atoms with Crippen LogP contribution in [0, 0.1) is 6.92 Å². The molecule has 80 valence electrons. The molecule has 3 N–H and O–H groups in total. The molecule has 0 amide bonds. The van der Waals surface area contributed by atoms with Crippen molar-refractivity contribution in [1.82, 2.24) is 9.97 Å². The molecule has 2 aromatic rings. The number of nitrogens with zero attached hydrogens (tertiary/aromatic N) is 1. The molecule has 0 unspecified atom stereocenters. The fourth-order valence-electron chi connectivity index (χ4n) is 1.35. The number of hydrogen-bond acceptors (Lipinski definition) is 3. The van der Waals surface area contributed by atoms with E-state index in [1.54, 1.807) is 6.20 Å². The summed E-state index contributed by atoms with van der Waals surface area (Å²) in [6.07, 6.45) is 1.74. The van der Waals surface area contributed by atoms with Crippen molar-refractivity contribution in [3.63, 3.8) is 0 Å². The zero-order valence-electron chi connectivity index (χ0n) is 9.16. The Morgan fingerprint density at radius 1 is 1.40 bits per heavy atom. The third-order valence-electron chi connectivity index (χ3n) is 2.19. The summed E-state index contributed by atoms with van der Waals surface area (Å²) in [7, 11) is 0. The highest BCUT2D eigenvalue weighted by molar-refractivity contribution is 5.51. The average Bonchev–Trinajstić information content (AvgIpc) is 2.69. The molecule has 0 bridgehead atoms. The number of imidazole rings is 1. The molecular weight excluding hydrogens is 190 g/mol. The van der Waals surface area contributed by atoms with Gasteiger partial charge in [-0.25, -0.2) is 4.98 Å². The van der Waals surface area contributed by atoms with Gasteiger partial charge in [0.15, 0.2) is 5.76 Å². The van der Waals surface area contributed by atoms with Gasteiger partial charge in [-0.1, -0.05) is 0 Å². The van der Waals surface area contributed by atoms with Gasteiger partial charge in [0.1, 0.15) is 17.3 Å². The van der Waals surface area contributed by atoms with Crippen LogP contribution >= 0.6 is 0 Å². The van der Waals surface area contributed by atoms with Crippen molar-refractivity contribution in [3.05, 3.63) is 29.9 Å². The normalized spacial score (nSPS) is 12.0. The number of rotatable bonds is 2. The van der Waals surface area contributed by atoms with Gasteiger partial charge < -0.3 is 15.1 Å². The van der Waals surface area contributed by atoms with Gasteiger partial charge in [-0.15, -0.1) is 0 Å². The topological polar surface area (TPSA) is 67.8 Å². The minimum absolute atomic E-state index is 0.458. The van der Waals surface area contributed by atoms with Crippen LogP contribution in [0.15, 0.2) is 22.7 Å². The molecule has 2 aromatic heterocycles. The Morgan fingerprint density at radius 2 is 2.13 bits per heavy atom. The molecule has 2 rings (SSSR count). The van der Waals surface area contributed by atoms with E-state index in [0.717, 1.165) is 23.0 Å². The summed E-state index contributed by atoms with van der Waals surface area (Å²) in [5, 5.41) is 0. The SMILES string of the molecule is Cc1ccc(-c2cnc(C(C)(C)N)[nH]2)o1. The maximum atomic E-state index is 5.93. The molecule has 15 heavy (non-hydrogen) atoms. The zero-order chi connectivity index (χ0) is 11.1. The average molecular weight is 205 g/mol. The molecule has 2 heterocycles. The number of aryl methyl sites for hydroxylation is 1. The maximum absolute atomic E-state index is 5.93. The van der Waals surface area contributed by atoms with Crippen molar-refractivity contribution >= 4 is 0 Å². The number of aromatic nitrogens is 2. The third-order valence-corrected chi connectivity index (χ3v) is 2.19. The standard InChI is InChI=1S/C11H15N3O/c1-7-4-5-9(15-7)8-6-13-10(14-8)11(2,3)12/h4-6H,12H2,1-3H3,(H,13,14). The first-order valence-electron chi connectivity index (χ1n) is 4.88. The van der Waals surface area contributed by atoms with Crippen LogP contribution < -0.4 is 5.73 Å². The van der Waals surface area contributed by atoms with Gasteiger partial charge in [-0.05, 0) is 32.9 Å². The second-order valence-corrected chi connectivity index (χ2v) is 4.28. The minimum atomic E-state index is -0.458. The Hall–Kier alpha value is -1.55. The minimum Gasteiger partial charge on any atom is -0.460 e. The van der Waals surface area contributed by atoms with Crippen LogP contribution in [0.3, 0.4) is 0 Å². The highest BCUT2D eigenvalue weighted by Gasteiger charge is 2.18. The third kappa shape index (κ3) is 1.94. The predicted octanol–water partition coefficient (Wildman–Crippen LogP) is 2.17. The van der Waals surface area contributed by atoms with Crippen molar-refractivity contribution in [1.29, 1.82) is 0 Å². The molecule has 0 aliphatic heterocycles. The molecule has 0 radical (unpaired) electrons. The van der Waals surface area contributed by atoms with Crippen LogP contribution in [0.5, 0.6) is 0 Å². The van der Waals surface area contributed by atoms with Gasteiger partial charge in [0.2, 0.25) is 0 Å². The van der Waals surface area contributed by atoms with Gasteiger partial charge in [-0.2, -0.15) is 0 Å². The number of nitrogens with one attached hydrogen (secondary N) is 1. The van der Waals surface area contributed by atoms with Crippen molar-refractivity contribution in [2.45, 2.75) is 26.3 Å². The summed E-state index contributed by atoms with van der Waals surface area (Å²) in [6.45, 7) is 5.72. The summed E-state index contributed by atoms with van der Waals surface area (Å²) in [5.41, 5.74) is 6.33.